The fourth-order valence-corrected chi connectivity index (χ4v) is 2.76. The van der Waals surface area contributed by atoms with Crippen LogP contribution in [0.3, 0.4) is 0 Å². The topological polar surface area (TPSA) is 86.1 Å². The van der Waals surface area contributed by atoms with Crippen LogP contribution in [-0.2, 0) is 17.8 Å². The van der Waals surface area contributed by atoms with E-state index < -0.39 is 0 Å². The first kappa shape index (κ1) is 17.6. The number of hydrogen-bond donors (Lipinski definition) is 1. The Balaban J connectivity index is 1.62. The van der Waals surface area contributed by atoms with Gasteiger partial charge < -0.3 is 10.1 Å². The van der Waals surface area contributed by atoms with Crippen molar-refractivity contribution in [1.82, 2.24) is 20.3 Å². The van der Waals surface area contributed by atoms with Crippen LogP contribution in [0.1, 0.15) is 11.1 Å². The number of carbonyl (C=O) groups is 1. The summed E-state index contributed by atoms with van der Waals surface area (Å²) in [6.07, 6.45) is 0.634. The number of nitrogens with zero attached hydrogens (tertiary/aromatic N) is 3. The first-order valence-corrected chi connectivity index (χ1v) is 8.31. The Morgan fingerprint density at radius 2 is 2.04 bits per heavy atom. The molecule has 0 aliphatic rings. The van der Waals surface area contributed by atoms with E-state index in [2.05, 4.69) is 15.6 Å². The van der Waals surface area contributed by atoms with Gasteiger partial charge in [0.1, 0.15) is 17.8 Å². The molecule has 0 aliphatic carbocycles. The zero-order chi connectivity index (χ0) is 18.5. The molecule has 0 fully saturated rings. The van der Waals surface area contributed by atoms with Gasteiger partial charge in [-0.2, -0.15) is 0 Å². The number of ether oxygens (including phenoxy) is 1. The third-order valence-corrected chi connectivity index (χ3v) is 4.08. The first-order chi connectivity index (χ1) is 12.6. The fourth-order valence-electron chi connectivity index (χ4n) is 2.76. The molecule has 0 saturated heterocycles. The number of nitrogens with one attached hydrogen (secondary N) is 1. The lowest BCUT2D eigenvalue weighted by Gasteiger charge is -2.10. The van der Waals surface area contributed by atoms with Crippen LogP contribution in [0, 0.1) is 6.92 Å². The van der Waals surface area contributed by atoms with E-state index in [1.54, 1.807) is 31.4 Å². The van der Waals surface area contributed by atoms with Crippen molar-refractivity contribution in [3.8, 4) is 5.75 Å². The predicted octanol–water partition coefficient (Wildman–Crippen LogP) is 1.47. The number of fused-ring (bicyclic) bond motifs is 1. The van der Waals surface area contributed by atoms with Crippen LogP contribution in [0.2, 0.25) is 0 Å². The maximum Gasteiger partial charge on any atom is 0.278 e. The van der Waals surface area contributed by atoms with E-state index in [-0.39, 0.29) is 18.0 Å². The molecule has 0 saturated carbocycles. The molecule has 0 radical (unpaired) electrons. The molecule has 3 aromatic rings. The second-order valence-corrected chi connectivity index (χ2v) is 5.98. The molecular formula is C19H20N4O3. The van der Waals surface area contributed by atoms with Gasteiger partial charge in [-0.15, -0.1) is 5.10 Å². The number of benzene rings is 2. The average Bonchev–Trinajstić information content (AvgIpc) is 2.64. The Labute approximate surface area is 150 Å². The number of aromatic nitrogens is 3. The Bertz CT molecular complexity index is 997. The van der Waals surface area contributed by atoms with Crippen LogP contribution in [0.15, 0.2) is 47.3 Å². The van der Waals surface area contributed by atoms with Crippen molar-refractivity contribution in [2.45, 2.75) is 19.9 Å². The highest BCUT2D eigenvalue weighted by Gasteiger charge is 2.10. The lowest BCUT2D eigenvalue weighted by atomic mass is 10.1. The zero-order valence-electron chi connectivity index (χ0n) is 14.7. The van der Waals surface area contributed by atoms with Gasteiger partial charge in [-0.3, -0.25) is 9.59 Å². The highest BCUT2D eigenvalue weighted by Crippen LogP contribution is 2.19. The van der Waals surface area contributed by atoms with Crippen LogP contribution in [0.5, 0.6) is 5.75 Å². The molecule has 7 nitrogen and oxygen atoms in total. The molecule has 3 rings (SSSR count). The molecule has 7 heteroatoms. The summed E-state index contributed by atoms with van der Waals surface area (Å²) in [6.45, 7) is 2.28. The summed E-state index contributed by atoms with van der Waals surface area (Å²) in [5.74, 6) is 0.504. The van der Waals surface area contributed by atoms with Gasteiger partial charge in [0.25, 0.3) is 5.56 Å². The molecule has 1 aromatic heterocycles. The van der Waals surface area contributed by atoms with Gasteiger partial charge >= 0.3 is 0 Å². The van der Waals surface area contributed by atoms with Crippen LogP contribution in [0.4, 0.5) is 0 Å². The monoisotopic (exact) mass is 352 g/mol. The number of carbonyl (C=O) groups excluding carboxylic acids is 1. The highest BCUT2D eigenvalue weighted by molar-refractivity contribution is 5.78. The van der Waals surface area contributed by atoms with Crippen molar-refractivity contribution in [2.24, 2.45) is 0 Å². The molecule has 26 heavy (non-hydrogen) atoms. The summed E-state index contributed by atoms with van der Waals surface area (Å²) in [4.78, 5) is 24.5. The predicted molar refractivity (Wildman–Crippen MR) is 98.2 cm³/mol. The van der Waals surface area contributed by atoms with E-state index in [1.807, 2.05) is 25.1 Å². The van der Waals surface area contributed by atoms with Crippen molar-refractivity contribution in [3.63, 3.8) is 0 Å². The van der Waals surface area contributed by atoms with Gasteiger partial charge in [-0.05, 0) is 37.1 Å². The van der Waals surface area contributed by atoms with E-state index in [0.29, 0.717) is 23.9 Å². The summed E-state index contributed by atoms with van der Waals surface area (Å²) in [7, 11) is 1.62. The number of rotatable bonds is 6. The minimum atomic E-state index is -0.328. The lowest BCUT2D eigenvalue weighted by molar-refractivity contribution is -0.121. The van der Waals surface area contributed by atoms with Crippen molar-refractivity contribution in [1.29, 1.82) is 0 Å². The van der Waals surface area contributed by atoms with Gasteiger partial charge in [0, 0.05) is 6.54 Å². The van der Waals surface area contributed by atoms with Crippen molar-refractivity contribution >= 4 is 16.8 Å². The highest BCUT2D eigenvalue weighted by atomic mass is 16.5. The zero-order valence-corrected chi connectivity index (χ0v) is 14.7. The Morgan fingerprint density at radius 1 is 1.23 bits per heavy atom. The smallest absolute Gasteiger partial charge is 0.278 e. The molecule has 0 spiro atoms. The molecule has 0 aliphatic heterocycles. The minimum Gasteiger partial charge on any atom is -0.496 e. The molecule has 1 amide bonds. The molecule has 0 bridgehead atoms. The lowest BCUT2D eigenvalue weighted by Crippen LogP contribution is -2.35. The summed E-state index contributed by atoms with van der Waals surface area (Å²) in [6, 6.07) is 12.8. The van der Waals surface area contributed by atoms with Crippen LogP contribution < -0.4 is 15.6 Å². The molecular weight excluding hydrogens is 332 g/mol. The van der Waals surface area contributed by atoms with Gasteiger partial charge in [0.05, 0.1) is 12.5 Å². The van der Waals surface area contributed by atoms with Gasteiger partial charge in [0.2, 0.25) is 5.91 Å². The molecule has 1 heterocycles. The second kappa shape index (κ2) is 7.77. The third kappa shape index (κ3) is 3.88. The Morgan fingerprint density at radius 3 is 2.85 bits per heavy atom. The quantitative estimate of drug-likeness (QED) is 0.726. The molecule has 1 N–H and O–H groups in total. The van der Waals surface area contributed by atoms with Gasteiger partial charge in [-0.1, -0.05) is 35.0 Å². The van der Waals surface area contributed by atoms with Gasteiger partial charge in [-0.25, -0.2) is 4.68 Å². The molecule has 2 aromatic carbocycles. The summed E-state index contributed by atoms with van der Waals surface area (Å²) < 4.78 is 6.41. The second-order valence-electron chi connectivity index (χ2n) is 5.98. The largest absolute Gasteiger partial charge is 0.496 e. The Hall–Kier alpha value is -3.22. The van der Waals surface area contributed by atoms with Crippen LogP contribution in [-0.4, -0.2) is 34.6 Å². The fraction of sp³-hybridized carbons (Fsp3) is 0.263. The van der Waals surface area contributed by atoms with Gasteiger partial charge in [0.15, 0.2) is 0 Å². The number of methoxy groups -OCH3 is 1. The minimum absolute atomic E-state index is 0.165. The van der Waals surface area contributed by atoms with E-state index in [0.717, 1.165) is 21.6 Å². The van der Waals surface area contributed by atoms with Crippen molar-refractivity contribution < 1.29 is 9.53 Å². The number of amides is 1. The number of aryl methyl sites for hydroxylation is 1. The summed E-state index contributed by atoms with van der Waals surface area (Å²) in [5.41, 5.74) is 2.34. The Kier molecular flexibility index (Phi) is 5.26. The standard InChI is InChI=1S/C19H20N4O3/c1-13-7-8-17(26-2)14(11-13)9-10-20-18(24)12-23-19(25)15-5-3-4-6-16(15)21-22-23/h3-8,11H,9-10,12H2,1-2H3,(H,20,24). The van der Waals surface area contributed by atoms with Crippen molar-refractivity contribution in [3.05, 3.63) is 63.9 Å². The normalized spacial score (nSPS) is 10.7. The average molecular weight is 352 g/mol. The maximum absolute atomic E-state index is 12.3. The summed E-state index contributed by atoms with van der Waals surface area (Å²) >= 11 is 0. The third-order valence-electron chi connectivity index (χ3n) is 4.08. The SMILES string of the molecule is COc1ccc(C)cc1CCNC(=O)Cn1nnc2ccccc2c1=O. The van der Waals surface area contributed by atoms with E-state index in [9.17, 15) is 9.59 Å². The van der Waals surface area contributed by atoms with Crippen LogP contribution >= 0.6 is 0 Å². The van der Waals surface area contributed by atoms with E-state index in [4.69, 9.17) is 4.74 Å². The summed E-state index contributed by atoms with van der Waals surface area (Å²) in [5, 5.41) is 11.0. The number of hydrogen-bond acceptors (Lipinski definition) is 5. The molecule has 134 valence electrons. The molecule has 0 atom stereocenters. The first-order valence-electron chi connectivity index (χ1n) is 8.31. The molecule has 0 unspecified atom stereocenters. The van der Waals surface area contributed by atoms with E-state index >= 15 is 0 Å². The van der Waals surface area contributed by atoms with Crippen LogP contribution in [0.25, 0.3) is 10.9 Å². The van der Waals surface area contributed by atoms with Crippen molar-refractivity contribution in [2.75, 3.05) is 13.7 Å². The maximum atomic E-state index is 12.3. The van der Waals surface area contributed by atoms with E-state index in [1.165, 1.54) is 0 Å².